The predicted octanol–water partition coefficient (Wildman–Crippen LogP) is 2.34. The van der Waals surface area contributed by atoms with Crippen LogP contribution in [-0.2, 0) is 4.79 Å². The zero-order valence-electron chi connectivity index (χ0n) is 17.0. The molecular weight excluding hydrogens is 453 g/mol. The van der Waals surface area contributed by atoms with Crippen LogP contribution in [0.2, 0.25) is 0 Å². The second kappa shape index (κ2) is 11.4. The number of rotatable bonds is 6. The molecule has 0 aromatic heterocycles. The van der Waals surface area contributed by atoms with Gasteiger partial charge in [-0.2, -0.15) is 0 Å². The highest BCUT2D eigenvalue weighted by atomic mass is 127. The maximum atomic E-state index is 12.4. The van der Waals surface area contributed by atoms with Gasteiger partial charge >= 0.3 is 0 Å². The molecule has 3 fully saturated rings. The Morgan fingerprint density at radius 3 is 2.59 bits per heavy atom. The molecule has 1 saturated heterocycles. The van der Waals surface area contributed by atoms with Gasteiger partial charge in [-0.3, -0.25) is 9.79 Å². The fourth-order valence-electron chi connectivity index (χ4n) is 4.26. The van der Waals surface area contributed by atoms with Gasteiger partial charge in [-0.05, 0) is 71.4 Å². The minimum absolute atomic E-state index is 0. The van der Waals surface area contributed by atoms with Crippen molar-refractivity contribution < 1.29 is 4.79 Å². The van der Waals surface area contributed by atoms with E-state index in [2.05, 4.69) is 34.8 Å². The van der Waals surface area contributed by atoms with Gasteiger partial charge in [0, 0.05) is 37.6 Å². The van der Waals surface area contributed by atoms with Crippen molar-refractivity contribution in [1.29, 1.82) is 0 Å². The van der Waals surface area contributed by atoms with Gasteiger partial charge in [0.1, 0.15) is 0 Å². The molecule has 27 heavy (non-hydrogen) atoms. The van der Waals surface area contributed by atoms with E-state index in [-0.39, 0.29) is 35.8 Å². The van der Waals surface area contributed by atoms with E-state index in [9.17, 15) is 4.79 Å². The standard InChI is InChI=1S/C20H37N5O.HI/c1-3-21-20(22-13-15-6-5-11-25(2)14-15)24-18-8-4-7-16(12-18)19(26)23-17-9-10-17;/h15-18H,3-14H2,1-2H3,(H,23,26)(H2,21,22,24);1H. The van der Waals surface area contributed by atoms with Gasteiger partial charge in [-0.15, -0.1) is 24.0 Å². The van der Waals surface area contributed by atoms with Crippen LogP contribution >= 0.6 is 24.0 Å². The van der Waals surface area contributed by atoms with Crippen molar-refractivity contribution in [2.24, 2.45) is 16.8 Å². The van der Waals surface area contributed by atoms with Crippen LogP contribution < -0.4 is 16.0 Å². The predicted molar refractivity (Wildman–Crippen MR) is 122 cm³/mol. The van der Waals surface area contributed by atoms with E-state index in [0.29, 0.717) is 18.0 Å². The number of nitrogens with one attached hydrogen (secondary N) is 3. The molecule has 0 spiro atoms. The van der Waals surface area contributed by atoms with Gasteiger partial charge in [0.2, 0.25) is 5.91 Å². The van der Waals surface area contributed by atoms with E-state index >= 15 is 0 Å². The number of likely N-dealkylation sites (tertiary alicyclic amines) is 1. The van der Waals surface area contributed by atoms with Gasteiger partial charge in [0.15, 0.2) is 5.96 Å². The maximum Gasteiger partial charge on any atom is 0.223 e. The molecule has 3 atom stereocenters. The Morgan fingerprint density at radius 2 is 1.89 bits per heavy atom. The number of amides is 1. The quantitative estimate of drug-likeness (QED) is 0.303. The van der Waals surface area contributed by atoms with Crippen molar-refractivity contribution >= 4 is 35.8 Å². The van der Waals surface area contributed by atoms with E-state index in [4.69, 9.17) is 4.99 Å². The summed E-state index contributed by atoms with van der Waals surface area (Å²) < 4.78 is 0. The number of halogens is 1. The third-order valence-electron chi connectivity index (χ3n) is 5.88. The Balaban J connectivity index is 0.00000261. The Kier molecular flexibility index (Phi) is 9.62. The molecule has 0 radical (unpaired) electrons. The average Bonchev–Trinajstić information content (AvgIpc) is 3.44. The number of aliphatic imine (C=N–C) groups is 1. The summed E-state index contributed by atoms with van der Waals surface area (Å²) in [6.07, 6.45) is 9.08. The molecule has 6 nitrogen and oxygen atoms in total. The summed E-state index contributed by atoms with van der Waals surface area (Å²) in [5, 5.41) is 10.2. The first-order chi connectivity index (χ1) is 12.6. The molecule has 3 aliphatic rings. The van der Waals surface area contributed by atoms with E-state index in [1.165, 1.54) is 19.4 Å². The lowest BCUT2D eigenvalue weighted by Gasteiger charge is -2.31. The highest BCUT2D eigenvalue weighted by Crippen LogP contribution is 2.26. The Morgan fingerprint density at radius 1 is 1.07 bits per heavy atom. The van der Waals surface area contributed by atoms with E-state index in [0.717, 1.165) is 64.1 Å². The van der Waals surface area contributed by atoms with Crippen molar-refractivity contribution in [3.63, 3.8) is 0 Å². The molecule has 3 rings (SSSR count). The maximum absolute atomic E-state index is 12.4. The van der Waals surface area contributed by atoms with Crippen LogP contribution in [0.3, 0.4) is 0 Å². The highest BCUT2D eigenvalue weighted by molar-refractivity contribution is 14.0. The molecule has 0 bridgehead atoms. The molecule has 2 aliphatic carbocycles. The Labute approximate surface area is 181 Å². The number of hydrogen-bond donors (Lipinski definition) is 3. The molecule has 1 heterocycles. The second-order valence-corrected chi connectivity index (χ2v) is 8.48. The lowest BCUT2D eigenvalue weighted by molar-refractivity contribution is -0.126. The molecule has 7 heteroatoms. The Hall–Kier alpha value is -0.570. The van der Waals surface area contributed by atoms with Crippen LogP contribution in [0.1, 0.15) is 58.3 Å². The normalized spacial score (nSPS) is 29.6. The second-order valence-electron chi connectivity index (χ2n) is 8.48. The third kappa shape index (κ3) is 7.75. The molecule has 3 unspecified atom stereocenters. The van der Waals surface area contributed by atoms with Gasteiger partial charge in [0.05, 0.1) is 0 Å². The molecule has 2 saturated carbocycles. The molecule has 1 aliphatic heterocycles. The molecule has 3 N–H and O–H groups in total. The zero-order chi connectivity index (χ0) is 18.4. The fraction of sp³-hybridized carbons (Fsp3) is 0.900. The lowest BCUT2D eigenvalue weighted by Crippen LogP contribution is -2.47. The number of nitrogens with zero attached hydrogens (tertiary/aromatic N) is 2. The largest absolute Gasteiger partial charge is 0.357 e. The summed E-state index contributed by atoms with van der Waals surface area (Å²) in [6.45, 7) is 6.23. The first kappa shape index (κ1) is 22.7. The van der Waals surface area contributed by atoms with Crippen LogP contribution in [0.4, 0.5) is 0 Å². The number of piperidine rings is 1. The smallest absolute Gasteiger partial charge is 0.223 e. The number of carbonyl (C=O) groups is 1. The molecule has 156 valence electrons. The monoisotopic (exact) mass is 491 g/mol. The van der Waals surface area contributed by atoms with Crippen molar-refractivity contribution in [1.82, 2.24) is 20.9 Å². The average molecular weight is 491 g/mol. The lowest BCUT2D eigenvalue weighted by atomic mass is 9.85. The van der Waals surface area contributed by atoms with Gasteiger partial charge in [0.25, 0.3) is 0 Å². The van der Waals surface area contributed by atoms with Crippen molar-refractivity contribution in [2.75, 3.05) is 33.2 Å². The van der Waals surface area contributed by atoms with Crippen molar-refractivity contribution in [3.05, 3.63) is 0 Å². The number of guanidine groups is 1. The van der Waals surface area contributed by atoms with Crippen LogP contribution in [0, 0.1) is 11.8 Å². The van der Waals surface area contributed by atoms with E-state index < -0.39 is 0 Å². The van der Waals surface area contributed by atoms with Crippen LogP contribution in [0.15, 0.2) is 4.99 Å². The van der Waals surface area contributed by atoms with Crippen LogP contribution in [0.5, 0.6) is 0 Å². The molecule has 0 aromatic carbocycles. The summed E-state index contributed by atoms with van der Waals surface area (Å²) >= 11 is 0. The van der Waals surface area contributed by atoms with E-state index in [1.54, 1.807) is 0 Å². The van der Waals surface area contributed by atoms with Gasteiger partial charge in [-0.25, -0.2) is 0 Å². The van der Waals surface area contributed by atoms with Crippen LogP contribution in [0.25, 0.3) is 0 Å². The van der Waals surface area contributed by atoms with Crippen molar-refractivity contribution in [2.45, 2.75) is 70.4 Å². The summed E-state index contributed by atoms with van der Waals surface area (Å²) in [5.74, 6) is 2.02. The Bertz CT molecular complexity index is 497. The van der Waals surface area contributed by atoms with Gasteiger partial charge in [-0.1, -0.05) is 6.42 Å². The first-order valence-corrected chi connectivity index (χ1v) is 10.7. The SMILES string of the molecule is CCNC(=NCC1CCCN(C)C1)NC1CCCC(C(=O)NC2CC2)C1.I. The topological polar surface area (TPSA) is 68.8 Å². The summed E-state index contributed by atoms with van der Waals surface area (Å²) in [6, 6.07) is 0.814. The first-order valence-electron chi connectivity index (χ1n) is 10.7. The number of hydrogen-bond acceptors (Lipinski definition) is 3. The minimum Gasteiger partial charge on any atom is -0.357 e. The molecule has 0 aromatic rings. The molecule has 1 amide bonds. The number of carbonyl (C=O) groups excluding carboxylic acids is 1. The van der Waals surface area contributed by atoms with Crippen molar-refractivity contribution in [3.8, 4) is 0 Å². The highest BCUT2D eigenvalue weighted by Gasteiger charge is 2.31. The zero-order valence-corrected chi connectivity index (χ0v) is 19.3. The summed E-state index contributed by atoms with van der Waals surface area (Å²) in [7, 11) is 2.20. The summed E-state index contributed by atoms with van der Waals surface area (Å²) in [4.78, 5) is 19.7. The van der Waals surface area contributed by atoms with Gasteiger partial charge < -0.3 is 20.9 Å². The summed E-state index contributed by atoms with van der Waals surface area (Å²) in [5.41, 5.74) is 0. The van der Waals surface area contributed by atoms with E-state index in [1.807, 2.05) is 0 Å². The fourth-order valence-corrected chi connectivity index (χ4v) is 4.26. The van der Waals surface area contributed by atoms with Crippen LogP contribution in [-0.4, -0.2) is 62.1 Å². The minimum atomic E-state index is 0. The molecular formula is C20H38IN5O. The third-order valence-corrected chi connectivity index (χ3v) is 5.88.